The molecule has 1 aromatic heterocycles. The van der Waals surface area contributed by atoms with Crippen molar-refractivity contribution in [3.05, 3.63) is 76.7 Å². The van der Waals surface area contributed by atoms with Crippen LogP contribution in [0.15, 0.2) is 65.0 Å². The Morgan fingerprint density at radius 1 is 1.23 bits per heavy atom. The molecule has 0 radical (unpaired) electrons. The van der Waals surface area contributed by atoms with Gasteiger partial charge in [0.05, 0.1) is 18.7 Å². The Morgan fingerprint density at radius 3 is 2.71 bits per heavy atom. The Balaban J connectivity index is 1.83. The molecule has 0 bridgehead atoms. The maximum atomic E-state index is 12.8. The summed E-state index contributed by atoms with van der Waals surface area (Å²) in [4.78, 5) is 25.3. The van der Waals surface area contributed by atoms with E-state index in [0.29, 0.717) is 41.0 Å². The fourth-order valence-electron chi connectivity index (χ4n) is 3.02. The predicted molar refractivity (Wildman–Crippen MR) is 120 cm³/mol. The minimum atomic E-state index is -0.504. The van der Waals surface area contributed by atoms with E-state index in [-0.39, 0.29) is 11.3 Å². The van der Waals surface area contributed by atoms with Crippen LogP contribution in [0.3, 0.4) is 0 Å². The monoisotopic (exact) mass is 420 g/mol. The van der Waals surface area contributed by atoms with Gasteiger partial charge in [0.15, 0.2) is 17.2 Å². The number of hydrazone groups is 1. The molecule has 0 unspecified atom stereocenters. The van der Waals surface area contributed by atoms with Gasteiger partial charge in [0.1, 0.15) is 6.61 Å². The van der Waals surface area contributed by atoms with Crippen molar-refractivity contribution in [2.45, 2.75) is 19.9 Å². The van der Waals surface area contributed by atoms with Crippen molar-refractivity contribution in [3.63, 3.8) is 0 Å². The van der Waals surface area contributed by atoms with E-state index in [4.69, 9.17) is 9.47 Å². The summed E-state index contributed by atoms with van der Waals surface area (Å²) in [7, 11) is 1.54. The van der Waals surface area contributed by atoms with Crippen LogP contribution in [0.4, 0.5) is 0 Å². The van der Waals surface area contributed by atoms with Gasteiger partial charge in [-0.2, -0.15) is 10.2 Å². The fraction of sp³-hybridized carbons (Fsp3) is 0.217. The van der Waals surface area contributed by atoms with Crippen LogP contribution < -0.4 is 20.5 Å². The van der Waals surface area contributed by atoms with Crippen LogP contribution >= 0.6 is 0 Å². The Hall–Kier alpha value is -3.94. The van der Waals surface area contributed by atoms with Crippen LogP contribution in [-0.2, 0) is 6.54 Å². The summed E-state index contributed by atoms with van der Waals surface area (Å²) in [5.41, 5.74) is 3.11. The highest BCUT2D eigenvalue weighted by Gasteiger charge is 2.16. The van der Waals surface area contributed by atoms with E-state index < -0.39 is 5.91 Å². The summed E-state index contributed by atoms with van der Waals surface area (Å²) in [5, 5.41) is 9.21. The Kier molecular flexibility index (Phi) is 7.16. The van der Waals surface area contributed by atoms with Crippen molar-refractivity contribution in [3.8, 4) is 11.5 Å². The molecular formula is C23H24N4O4. The lowest BCUT2D eigenvalue weighted by molar-refractivity contribution is 0.0949. The molecule has 0 spiro atoms. The molecule has 0 fully saturated rings. The molecule has 3 rings (SSSR count). The number of aryl methyl sites for hydroxylation is 1. The number of hydrogen-bond donors (Lipinski definition) is 1. The summed E-state index contributed by atoms with van der Waals surface area (Å²) < 4.78 is 12.2. The number of amides is 1. The summed E-state index contributed by atoms with van der Waals surface area (Å²) in [6, 6.07) is 12.2. The fourth-order valence-corrected chi connectivity index (χ4v) is 3.02. The van der Waals surface area contributed by atoms with Crippen LogP contribution in [0.5, 0.6) is 11.5 Å². The van der Waals surface area contributed by atoms with Gasteiger partial charge in [-0.1, -0.05) is 37.8 Å². The lowest BCUT2D eigenvalue weighted by Crippen LogP contribution is -2.29. The predicted octanol–water partition coefficient (Wildman–Crippen LogP) is 3.14. The molecule has 0 aliphatic carbocycles. The average Bonchev–Trinajstić information content (AvgIpc) is 2.80. The maximum Gasteiger partial charge on any atom is 0.292 e. The van der Waals surface area contributed by atoms with E-state index in [1.54, 1.807) is 55.7 Å². The van der Waals surface area contributed by atoms with E-state index in [2.05, 4.69) is 22.2 Å². The van der Waals surface area contributed by atoms with Crippen molar-refractivity contribution in [2.24, 2.45) is 5.10 Å². The van der Waals surface area contributed by atoms with E-state index in [9.17, 15) is 9.59 Å². The van der Waals surface area contributed by atoms with Crippen LogP contribution in [-0.4, -0.2) is 35.6 Å². The molecule has 1 amide bonds. The zero-order chi connectivity index (χ0) is 22.2. The molecule has 3 aromatic rings. The van der Waals surface area contributed by atoms with Gasteiger partial charge in [-0.15, -0.1) is 0 Å². The van der Waals surface area contributed by atoms with E-state index in [0.717, 1.165) is 6.42 Å². The molecule has 160 valence electrons. The topological polar surface area (TPSA) is 94.8 Å². The SMILES string of the molecule is C=CCOc1ccc(/C=N/NC(=O)c2nn(CCC)c(=O)c3ccccc23)cc1OC. The molecule has 0 saturated carbocycles. The third-order valence-electron chi connectivity index (χ3n) is 4.44. The highest BCUT2D eigenvalue weighted by atomic mass is 16.5. The van der Waals surface area contributed by atoms with Crippen molar-refractivity contribution >= 4 is 22.9 Å². The number of benzene rings is 2. The van der Waals surface area contributed by atoms with Gasteiger partial charge in [-0.3, -0.25) is 9.59 Å². The lowest BCUT2D eigenvalue weighted by atomic mass is 10.1. The number of rotatable bonds is 9. The van der Waals surface area contributed by atoms with Gasteiger partial charge in [-0.25, -0.2) is 10.1 Å². The van der Waals surface area contributed by atoms with Gasteiger partial charge in [0.25, 0.3) is 11.5 Å². The number of nitrogens with one attached hydrogen (secondary N) is 1. The largest absolute Gasteiger partial charge is 0.493 e. The van der Waals surface area contributed by atoms with Gasteiger partial charge < -0.3 is 9.47 Å². The van der Waals surface area contributed by atoms with E-state index in [1.807, 2.05) is 6.92 Å². The van der Waals surface area contributed by atoms with Crippen molar-refractivity contribution in [2.75, 3.05) is 13.7 Å². The molecular weight excluding hydrogens is 396 g/mol. The van der Waals surface area contributed by atoms with E-state index >= 15 is 0 Å². The number of carbonyl (C=O) groups excluding carboxylic acids is 1. The first-order valence-electron chi connectivity index (χ1n) is 9.84. The zero-order valence-corrected chi connectivity index (χ0v) is 17.5. The summed E-state index contributed by atoms with van der Waals surface area (Å²) >= 11 is 0. The number of nitrogens with zero attached hydrogens (tertiary/aromatic N) is 3. The summed E-state index contributed by atoms with van der Waals surface area (Å²) in [6.45, 7) is 6.34. The number of fused-ring (bicyclic) bond motifs is 1. The van der Waals surface area contributed by atoms with Crippen LogP contribution in [0.25, 0.3) is 10.8 Å². The summed E-state index contributed by atoms with van der Waals surface area (Å²) in [6.07, 6.45) is 3.85. The first kappa shape index (κ1) is 21.8. The highest BCUT2D eigenvalue weighted by Crippen LogP contribution is 2.27. The number of carbonyl (C=O) groups is 1. The van der Waals surface area contributed by atoms with Gasteiger partial charge in [0.2, 0.25) is 0 Å². The van der Waals surface area contributed by atoms with Crippen LogP contribution in [0.1, 0.15) is 29.4 Å². The van der Waals surface area contributed by atoms with Crippen molar-refractivity contribution < 1.29 is 14.3 Å². The second-order valence-corrected chi connectivity index (χ2v) is 6.63. The van der Waals surface area contributed by atoms with Crippen LogP contribution in [0, 0.1) is 0 Å². The maximum absolute atomic E-state index is 12.8. The second-order valence-electron chi connectivity index (χ2n) is 6.63. The normalized spacial score (nSPS) is 10.9. The molecule has 1 N–H and O–H groups in total. The number of aromatic nitrogens is 2. The summed E-state index contributed by atoms with van der Waals surface area (Å²) in [5.74, 6) is 0.615. The van der Waals surface area contributed by atoms with Gasteiger partial charge in [0, 0.05) is 11.9 Å². The number of hydrogen-bond acceptors (Lipinski definition) is 6. The molecule has 0 atom stereocenters. The average molecular weight is 420 g/mol. The zero-order valence-electron chi connectivity index (χ0n) is 17.5. The standard InChI is InChI=1S/C23H24N4O4/c1-4-12-27-23(29)18-9-7-6-8-17(18)21(26-27)22(28)25-24-15-16-10-11-19(31-13-5-2)20(14-16)30-3/h5-11,14-15H,2,4,12-13H2,1,3H3,(H,25,28)/b24-15+. The molecule has 31 heavy (non-hydrogen) atoms. The third-order valence-corrected chi connectivity index (χ3v) is 4.44. The minimum absolute atomic E-state index is 0.145. The number of ether oxygens (including phenoxy) is 2. The Bertz CT molecular complexity index is 1180. The molecule has 8 nitrogen and oxygen atoms in total. The lowest BCUT2D eigenvalue weighted by Gasteiger charge is -2.10. The Labute approximate surface area is 179 Å². The molecule has 0 aliphatic heterocycles. The molecule has 1 heterocycles. The van der Waals surface area contributed by atoms with Crippen LogP contribution in [0.2, 0.25) is 0 Å². The molecule has 2 aromatic carbocycles. The quantitative estimate of drug-likeness (QED) is 0.326. The van der Waals surface area contributed by atoms with Gasteiger partial charge in [-0.05, 0) is 36.2 Å². The minimum Gasteiger partial charge on any atom is -0.493 e. The van der Waals surface area contributed by atoms with Crippen molar-refractivity contribution in [1.82, 2.24) is 15.2 Å². The molecule has 0 aliphatic rings. The molecule has 0 saturated heterocycles. The van der Waals surface area contributed by atoms with Crippen molar-refractivity contribution in [1.29, 1.82) is 0 Å². The number of methoxy groups -OCH3 is 1. The first-order chi connectivity index (χ1) is 15.1. The van der Waals surface area contributed by atoms with E-state index in [1.165, 1.54) is 10.9 Å². The van der Waals surface area contributed by atoms with Gasteiger partial charge >= 0.3 is 0 Å². The third kappa shape index (κ3) is 4.98. The smallest absolute Gasteiger partial charge is 0.292 e. The first-order valence-corrected chi connectivity index (χ1v) is 9.84. The Morgan fingerprint density at radius 2 is 2.00 bits per heavy atom. The highest BCUT2D eigenvalue weighted by molar-refractivity contribution is 6.05. The second kappa shape index (κ2) is 10.2. The molecule has 8 heteroatoms.